The second-order valence-corrected chi connectivity index (χ2v) is 12.2. The number of carbonyl (C=O) groups excluding carboxylic acids is 2. The van der Waals surface area contributed by atoms with Gasteiger partial charge in [0.25, 0.3) is 0 Å². The van der Waals surface area contributed by atoms with E-state index in [4.69, 9.17) is 9.72 Å². The number of pyridine rings is 1. The first-order chi connectivity index (χ1) is 17.1. The second-order valence-electron chi connectivity index (χ2n) is 11.2. The van der Waals surface area contributed by atoms with Crippen molar-refractivity contribution in [2.45, 2.75) is 51.4 Å². The Hall–Kier alpha value is -2.79. The van der Waals surface area contributed by atoms with E-state index in [0.717, 1.165) is 59.8 Å². The van der Waals surface area contributed by atoms with Crippen LogP contribution in [0.3, 0.4) is 0 Å². The third kappa shape index (κ3) is 3.58. The maximum Gasteiger partial charge on any atom is 0.339 e. The number of allylic oxidation sites excluding steroid dienone is 1. The molecule has 0 atom stereocenters. The molecule has 0 amide bonds. The van der Waals surface area contributed by atoms with E-state index in [1.165, 1.54) is 24.1 Å². The minimum Gasteiger partial charge on any atom is -0.454 e. The van der Waals surface area contributed by atoms with Crippen LogP contribution in [0.4, 0.5) is 0 Å². The molecule has 2 aromatic heterocycles. The molecule has 0 N–H and O–H groups in total. The summed E-state index contributed by atoms with van der Waals surface area (Å²) in [6.07, 6.45) is 10.7. The van der Waals surface area contributed by atoms with Crippen LogP contribution in [-0.4, -0.2) is 23.3 Å². The van der Waals surface area contributed by atoms with Crippen molar-refractivity contribution >= 4 is 45.6 Å². The van der Waals surface area contributed by atoms with Gasteiger partial charge in [-0.25, -0.2) is 9.78 Å². The van der Waals surface area contributed by atoms with E-state index in [-0.39, 0.29) is 23.8 Å². The van der Waals surface area contributed by atoms with Crippen molar-refractivity contribution in [2.75, 3.05) is 6.61 Å². The number of ether oxygens (including phenoxy) is 1. The second kappa shape index (κ2) is 8.12. The fourth-order valence-corrected chi connectivity index (χ4v) is 8.55. The van der Waals surface area contributed by atoms with Crippen molar-refractivity contribution in [3.8, 4) is 0 Å². The van der Waals surface area contributed by atoms with Crippen molar-refractivity contribution in [1.29, 1.82) is 0 Å². The van der Waals surface area contributed by atoms with Crippen LogP contribution in [0.2, 0.25) is 0 Å². The van der Waals surface area contributed by atoms with E-state index >= 15 is 0 Å². The molecule has 4 saturated carbocycles. The number of aromatic nitrogens is 1. The van der Waals surface area contributed by atoms with Crippen LogP contribution in [0, 0.1) is 23.2 Å². The molecule has 0 aliphatic heterocycles. The number of para-hydroxylation sites is 1. The van der Waals surface area contributed by atoms with Gasteiger partial charge >= 0.3 is 5.97 Å². The highest BCUT2D eigenvalue weighted by atomic mass is 32.1. The summed E-state index contributed by atoms with van der Waals surface area (Å²) in [5.41, 5.74) is 4.17. The van der Waals surface area contributed by atoms with Crippen LogP contribution in [0.1, 0.15) is 71.4 Å². The number of ketones is 1. The lowest BCUT2D eigenvalue weighted by Gasteiger charge is -2.55. The van der Waals surface area contributed by atoms with E-state index in [2.05, 4.69) is 17.5 Å². The predicted molar refractivity (Wildman–Crippen MR) is 138 cm³/mol. The van der Waals surface area contributed by atoms with Crippen molar-refractivity contribution in [2.24, 2.45) is 23.2 Å². The maximum atomic E-state index is 13.6. The molecule has 3 aromatic rings. The number of carbonyl (C=O) groups is 2. The van der Waals surface area contributed by atoms with Gasteiger partial charge in [0.2, 0.25) is 0 Å². The highest BCUT2D eigenvalue weighted by molar-refractivity contribution is 7.10. The zero-order valence-corrected chi connectivity index (χ0v) is 20.6. The third-order valence-electron chi connectivity index (χ3n) is 8.97. The molecule has 4 bridgehead atoms. The molecule has 2 heterocycles. The van der Waals surface area contributed by atoms with Gasteiger partial charge in [0.05, 0.1) is 16.8 Å². The van der Waals surface area contributed by atoms with Crippen molar-refractivity contribution in [1.82, 2.24) is 4.98 Å². The van der Waals surface area contributed by atoms with E-state index in [1.807, 2.05) is 30.3 Å². The van der Waals surface area contributed by atoms with Gasteiger partial charge in [0, 0.05) is 15.7 Å². The maximum absolute atomic E-state index is 13.6. The zero-order valence-electron chi connectivity index (χ0n) is 19.8. The average molecular weight is 484 g/mol. The predicted octanol–water partition coefficient (Wildman–Crippen LogP) is 6.73. The van der Waals surface area contributed by atoms with Crippen LogP contribution >= 0.6 is 11.3 Å². The average Bonchev–Trinajstić information content (AvgIpc) is 3.50. The number of benzene rings is 1. The fraction of sp³-hybridized carbons (Fsp3) is 0.433. The summed E-state index contributed by atoms with van der Waals surface area (Å²) in [4.78, 5) is 33.1. The largest absolute Gasteiger partial charge is 0.454 e. The smallest absolute Gasteiger partial charge is 0.339 e. The van der Waals surface area contributed by atoms with Crippen molar-refractivity contribution in [3.63, 3.8) is 0 Å². The first-order valence-corrected chi connectivity index (χ1v) is 13.8. The standard InChI is InChI=1S/C30H29NO3S/c32-26(30-14-18-10-19(15-30)12-20(11-18)16-30)17-34-29(33)27-23-5-1-2-6-25(23)31-28-21(7-8-24(27)28)13-22-4-3-9-35-22/h1-6,9,13,18-20H,7-8,10-12,14-17H2. The van der Waals surface area contributed by atoms with Crippen molar-refractivity contribution < 1.29 is 14.3 Å². The summed E-state index contributed by atoms with van der Waals surface area (Å²) in [6.45, 7) is -0.103. The molecule has 4 nitrogen and oxygen atoms in total. The van der Waals surface area contributed by atoms with Gasteiger partial charge in [-0.1, -0.05) is 24.3 Å². The zero-order chi connectivity index (χ0) is 23.6. The SMILES string of the molecule is O=C(OCC(=O)C12CC3CC(CC(C3)C1)C2)c1c2c(nc3ccccc13)C(=Cc1cccs1)CC2. The summed E-state index contributed by atoms with van der Waals surface area (Å²) in [5.74, 6) is 1.86. The van der Waals surface area contributed by atoms with Crippen LogP contribution in [-0.2, 0) is 16.0 Å². The molecular formula is C30H29NO3S. The third-order valence-corrected chi connectivity index (χ3v) is 9.79. The van der Waals surface area contributed by atoms with Gasteiger partial charge in [-0.2, -0.15) is 0 Å². The molecular weight excluding hydrogens is 454 g/mol. The van der Waals surface area contributed by atoms with Crippen LogP contribution in [0.5, 0.6) is 0 Å². The Morgan fingerprint density at radius 2 is 1.74 bits per heavy atom. The van der Waals surface area contributed by atoms with Crippen LogP contribution in [0.25, 0.3) is 22.6 Å². The number of thiophene rings is 1. The molecule has 0 unspecified atom stereocenters. The quantitative estimate of drug-likeness (QED) is 0.378. The minimum atomic E-state index is -0.379. The van der Waals surface area contributed by atoms with E-state index < -0.39 is 0 Å². The summed E-state index contributed by atoms with van der Waals surface area (Å²) in [6, 6.07) is 11.9. The summed E-state index contributed by atoms with van der Waals surface area (Å²) in [5, 5.41) is 2.88. The number of hydrogen-bond donors (Lipinski definition) is 0. The Morgan fingerprint density at radius 1 is 1.00 bits per heavy atom. The van der Waals surface area contributed by atoms with Gasteiger partial charge in [-0.15, -0.1) is 11.3 Å². The summed E-state index contributed by atoms with van der Waals surface area (Å²) < 4.78 is 5.82. The Kier molecular flexibility index (Phi) is 4.99. The molecule has 4 fully saturated rings. The number of esters is 1. The fourth-order valence-electron chi connectivity index (χ4n) is 7.87. The number of rotatable bonds is 5. The highest BCUT2D eigenvalue weighted by Crippen LogP contribution is 2.60. The van der Waals surface area contributed by atoms with E-state index in [1.54, 1.807) is 11.3 Å². The molecule has 0 radical (unpaired) electrons. The number of Topliss-reactive ketones (excluding diaryl/α,β-unsaturated/α-hetero) is 1. The van der Waals surface area contributed by atoms with Crippen LogP contribution < -0.4 is 0 Å². The minimum absolute atomic E-state index is 0.103. The molecule has 8 rings (SSSR count). The summed E-state index contributed by atoms with van der Waals surface area (Å²) in [7, 11) is 0. The summed E-state index contributed by atoms with van der Waals surface area (Å²) >= 11 is 1.70. The Labute approximate surface area is 209 Å². The van der Waals surface area contributed by atoms with Gasteiger partial charge < -0.3 is 4.74 Å². The van der Waals surface area contributed by atoms with Gasteiger partial charge in [0.15, 0.2) is 12.4 Å². The molecule has 35 heavy (non-hydrogen) atoms. The van der Waals surface area contributed by atoms with Gasteiger partial charge in [0.1, 0.15) is 0 Å². The first-order valence-electron chi connectivity index (χ1n) is 12.9. The normalized spacial score (nSPS) is 29.6. The van der Waals surface area contributed by atoms with Crippen LogP contribution in [0.15, 0.2) is 41.8 Å². The molecule has 0 saturated heterocycles. The van der Waals surface area contributed by atoms with Gasteiger partial charge in [-0.05, 0) is 104 Å². The van der Waals surface area contributed by atoms with Crippen molar-refractivity contribution in [3.05, 3.63) is 63.5 Å². The Bertz CT molecular complexity index is 1330. The molecule has 1 aromatic carbocycles. The van der Waals surface area contributed by atoms with E-state index in [9.17, 15) is 9.59 Å². The lowest BCUT2D eigenvalue weighted by molar-refractivity contribution is -0.147. The lowest BCUT2D eigenvalue weighted by atomic mass is 9.48. The first kappa shape index (κ1) is 21.5. The molecule has 0 spiro atoms. The monoisotopic (exact) mass is 483 g/mol. The Balaban J connectivity index is 1.19. The highest BCUT2D eigenvalue weighted by Gasteiger charge is 2.54. The lowest BCUT2D eigenvalue weighted by Crippen LogP contribution is -2.51. The molecule has 178 valence electrons. The van der Waals surface area contributed by atoms with Gasteiger partial charge in [-0.3, -0.25) is 4.79 Å². The number of hydrogen-bond acceptors (Lipinski definition) is 5. The van der Waals surface area contributed by atoms with E-state index in [0.29, 0.717) is 23.3 Å². The topological polar surface area (TPSA) is 56.3 Å². The number of fused-ring (bicyclic) bond motifs is 2. The molecule has 5 aliphatic rings. The Morgan fingerprint density at radius 3 is 2.46 bits per heavy atom. The molecule has 5 heteroatoms. The molecule has 5 aliphatic carbocycles. The number of nitrogens with zero attached hydrogens (tertiary/aromatic N) is 1.